The Morgan fingerprint density at radius 3 is 2.57 bits per heavy atom. The highest BCUT2D eigenvalue weighted by molar-refractivity contribution is 7.09. The van der Waals surface area contributed by atoms with Crippen LogP contribution in [0.15, 0.2) is 48.0 Å². The van der Waals surface area contributed by atoms with Gasteiger partial charge >= 0.3 is 0 Å². The van der Waals surface area contributed by atoms with Crippen LogP contribution in [0.3, 0.4) is 0 Å². The molecular weight excluding hydrogens is 556 g/mol. The maximum absolute atomic E-state index is 13.0. The summed E-state index contributed by atoms with van der Waals surface area (Å²) < 4.78 is 5.77. The summed E-state index contributed by atoms with van der Waals surface area (Å²) in [6.45, 7) is 2.32. The standard InChI is InChI=1S/C29H30N8O4S/c1-16-32-19(15-42-16)14-37(3)29(40)22-11-10-18(13-31-22)20-6-5-7-21(26(20)41-4)33-23-12-24(34-27(38)17-8-9-17)35-36-25(23)28(39)30-2/h5-7,10-13,15,17H,8-9,14H2,1-4H3,(H,30,39)(H2,33,34,35,38). The Morgan fingerprint density at radius 1 is 1.12 bits per heavy atom. The summed E-state index contributed by atoms with van der Waals surface area (Å²) in [5.41, 5.74) is 3.51. The van der Waals surface area contributed by atoms with Crippen LogP contribution in [-0.4, -0.2) is 64.0 Å². The fourth-order valence-electron chi connectivity index (χ4n) is 4.31. The number of nitrogens with one attached hydrogen (secondary N) is 3. The quantitative estimate of drug-likeness (QED) is 0.250. The number of aryl methyl sites for hydroxylation is 1. The summed E-state index contributed by atoms with van der Waals surface area (Å²) in [6, 6.07) is 10.5. The third-order valence-corrected chi connectivity index (χ3v) is 7.45. The molecule has 1 aliphatic carbocycles. The fourth-order valence-corrected chi connectivity index (χ4v) is 4.91. The predicted molar refractivity (Wildman–Crippen MR) is 159 cm³/mol. The van der Waals surface area contributed by atoms with Crippen LogP contribution >= 0.6 is 11.3 Å². The first-order chi connectivity index (χ1) is 20.3. The average Bonchev–Trinajstić information content (AvgIpc) is 3.78. The molecule has 0 spiro atoms. The number of rotatable bonds is 10. The lowest BCUT2D eigenvalue weighted by Crippen LogP contribution is -2.27. The molecule has 1 aromatic carbocycles. The number of pyridine rings is 1. The number of para-hydroxylation sites is 1. The van der Waals surface area contributed by atoms with E-state index in [-0.39, 0.29) is 29.2 Å². The number of hydrogen-bond donors (Lipinski definition) is 3. The second kappa shape index (κ2) is 12.3. The third-order valence-electron chi connectivity index (χ3n) is 6.63. The van der Waals surface area contributed by atoms with Gasteiger partial charge in [0.15, 0.2) is 11.5 Å². The number of anilines is 3. The third kappa shape index (κ3) is 6.36. The highest BCUT2D eigenvalue weighted by Crippen LogP contribution is 2.38. The van der Waals surface area contributed by atoms with Crippen molar-refractivity contribution in [3.8, 4) is 16.9 Å². The van der Waals surface area contributed by atoms with Crippen LogP contribution in [0.1, 0.15) is 44.5 Å². The largest absolute Gasteiger partial charge is 0.494 e. The maximum atomic E-state index is 13.0. The minimum absolute atomic E-state index is 0.0171. The zero-order valence-electron chi connectivity index (χ0n) is 23.6. The van der Waals surface area contributed by atoms with E-state index < -0.39 is 5.91 Å². The Labute approximate surface area is 246 Å². The van der Waals surface area contributed by atoms with E-state index in [1.165, 1.54) is 14.2 Å². The van der Waals surface area contributed by atoms with Crippen molar-refractivity contribution < 1.29 is 19.1 Å². The topological polar surface area (TPSA) is 151 Å². The van der Waals surface area contributed by atoms with Crippen molar-refractivity contribution in [2.24, 2.45) is 5.92 Å². The number of benzene rings is 1. The monoisotopic (exact) mass is 586 g/mol. The number of nitrogens with zero attached hydrogens (tertiary/aromatic N) is 5. The highest BCUT2D eigenvalue weighted by atomic mass is 32.1. The zero-order chi connectivity index (χ0) is 29.8. The van der Waals surface area contributed by atoms with Gasteiger partial charge in [-0.2, -0.15) is 0 Å². The number of thiazole rings is 1. The molecule has 0 saturated heterocycles. The van der Waals surface area contributed by atoms with E-state index in [1.54, 1.807) is 53.7 Å². The lowest BCUT2D eigenvalue weighted by molar-refractivity contribution is -0.117. The molecule has 13 heteroatoms. The van der Waals surface area contributed by atoms with Gasteiger partial charge in [0.25, 0.3) is 11.8 Å². The first-order valence-electron chi connectivity index (χ1n) is 13.2. The van der Waals surface area contributed by atoms with Gasteiger partial charge in [-0.15, -0.1) is 21.5 Å². The SMILES string of the molecule is CNC(=O)c1nnc(NC(=O)C2CC2)cc1Nc1cccc(-c2ccc(C(=O)N(C)Cc3csc(C)n3)nc2)c1OC. The van der Waals surface area contributed by atoms with Crippen molar-refractivity contribution in [1.29, 1.82) is 0 Å². The summed E-state index contributed by atoms with van der Waals surface area (Å²) in [4.78, 5) is 48.2. The van der Waals surface area contributed by atoms with Gasteiger partial charge in [0.05, 0.1) is 35.7 Å². The molecule has 42 heavy (non-hydrogen) atoms. The molecule has 216 valence electrons. The van der Waals surface area contributed by atoms with E-state index in [4.69, 9.17) is 4.74 Å². The Hall–Kier alpha value is -4.91. The van der Waals surface area contributed by atoms with E-state index >= 15 is 0 Å². The highest BCUT2D eigenvalue weighted by Gasteiger charge is 2.30. The molecule has 3 heterocycles. The Kier molecular flexibility index (Phi) is 8.38. The molecule has 12 nitrogen and oxygen atoms in total. The van der Waals surface area contributed by atoms with Crippen LogP contribution in [0, 0.1) is 12.8 Å². The zero-order valence-corrected chi connectivity index (χ0v) is 24.4. The number of aromatic nitrogens is 4. The smallest absolute Gasteiger partial charge is 0.273 e. The van der Waals surface area contributed by atoms with E-state index in [2.05, 4.69) is 36.1 Å². The summed E-state index contributed by atoms with van der Waals surface area (Å²) in [5, 5.41) is 19.5. The first-order valence-corrected chi connectivity index (χ1v) is 14.1. The molecule has 1 aliphatic rings. The van der Waals surface area contributed by atoms with Crippen molar-refractivity contribution in [2.45, 2.75) is 26.3 Å². The molecule has 3 amide bonds. The average molecular weight is 587 g/mol. The molecule has 0 bridgehead atoms. The molecule has 0 atom stereocenters. The lowest BCUT2D eigenvalue weighted by Gasteiger charge is -2.18. The molecule has 0 radical (unpaired) electrons. The van der Waals surface area contributed by atoms with Crippen molar-refractivity contribution in [1.82, 2.24) is 30.4 Å². The van der Waals surface area contributed by atoms with Crippen molar-refractivity contribution in [3.05, 3.63) is 70.1 Å². The van der Waals surface area contributed by atoms with Gasteiger partial charge in [-0.25, -0.2) is 4.98 Å². The van der Waals surface area contributed by atoms with Crippen LogP contribution in [0.4, 0.5) is 17.2 Å². The van der Waals surface area contributed by atoms with Gasteiger partial charge in [0, 0.05) is 48.8 Å². The van der Waals surface area contributed by atoms with Gasteiger partial charge in [-0.05, 0) is 31.9 Å². The van der Waals surface area contributed by atoms with Crippen LogP contribution in [0.2, 0.25) is 0 Å². The molecule has 0 unspecified atom stereocenters. The molecule has 1 fully saturated rings. The van der Waals surface area contributed by atoms with Crippen LogP contribution in [0.5, 0.6) is 5.75 Å². The van der Waals surface area contributed by atoms with E-state index in [9.17, 15) is 14.4 Å². The molecule has 0 aliphatic heterocycles. The Bertz CT molecular complexity index is 1640. The number of carbonyl (C=O) groups is 3. The normalized spacial score (nSPS) is 12.4. The molecule has 5 rings (SSSR count). The summed E-state index contributed by atoms with van der Waals surface area (Å²) in [6.07, 6.45) is 3.31. The van der Waals surface area contributed by atoms with Crippen LogP contribution < -0.4 is 20.7 Å². The first kappa shape index (κ1) is 28.6. The number of amides is 3. The minimum Gasteiger partial charge on any atom is -0.494 e. The molecule has 3 aromatic heterocycles. The van der Waals surface area contributed by atoms with Crippen molar-refractivity contribution in [2.75, 3.05) is 31.8 Å². The number of carbonyl (C=O) groups excluding carboxylic acids is 3. The van der Waals surface area contributed by atoms with E-state index in [1.807, 2.05) is 24.4 Å². The molecular formula is C29H30N8O4S. The Balaban J connectivity index is 1.39. The van der Waals surface area contributed by atoms with Gasteiger partial charge in [0.2, 0.25) is 5.91 Å². The Morgan fingerprint density at radius 2 is 1.93 bits per heavy atom. The fraction of sp³-hybridized carbons (Fsp3) is 0.276. The van der Waals surface area contributed by atoms with Crippen molar-refractivity contribution in [3.63, 3.8) is 0 Å². The van der Waals surface area contributed by atoms with Crippen LogP contribution in [-0.2, 0) is 11.3 Å². The second-order valence-corrected chi connectivity index (χ2v) is 10.9. The lowest BCUT2D eigenvalue weighted by atomic mass is 10.0. The van der Waals surface area contributed by atoms with E-state index in [0.717, 1.165) is 29.1 Å². The second-order valence-electron chi connectivity index (χ2n) is 9.80. The molecule has 3 N–H and O–H groups in total. The van der Waals surface area contributed by atoms with E-state index in [0.29, 0.717) is 34.9 Å². The summed E-state index contributed by atoms with van der Waals surface area (Å²) >= 11 is 1.54. The molecule has 1 saturated carbocycles. The van der Waals surface area contributed by atoms with Crippen molar-refractivity contribution >= 4 is 46.3 Å². The van der Waals surface area contributed by atoms with Gasteiger partial charge < -0.3 is 25.6 Å². The summed E-state index contributed by atoms with van der Waals surface area (Å²) in [5.74, 6) is -0.0855. The number of hydrogen-bond acceptors (Lipinski definition) is 10. The van der Waals surface area contributed by atoms with Gasteiger partial charge in [-0.1, -0.05) is 18.2 Å². The van der Waals surface area contributed by atoms with Gasteiger partial charge in [0.1, 0.15) is 11.4 Å². The number of methoxy groups -OCH3 is 1. The maximum Gasteiger partial charge on any atom is 0.273 e. The van der Waals surface area contributed by atoms with Gasteiger partial charge in [-0.3, -0.25) is 19.4 Å². The summed E-state index contributed by atoms with van der Waals surface area (Å²) in [7, 11) is 4.75. The minimum atomic E-state index is -0.445. The molecule has 4 aromatic rings. The predicted octanol–water partition coefficient (Wildman–Crippen LogP) is 4.04. The van der Waals surface area contributed by atoms with Crippen LogP contribution in [0.25, 0.3) is 11.1 Å². The number of ether oxygens (including phenoxy) is 1.